The van der Waals surface area contributed by atoms with Gasteiger partial charge in [-0.15, -0.1) is 0 Å². The summed E-state index contributed by atoms with van der Waals surface area (Å²) in [5.41, 5.74) is -0.363. The van der Waals surface area contributed by atoms with Crippen molar-refractivity contribution >= 4 is 0 Å². The monoisotopic (exact) mass is 132 g/mol. The van der Waals surface area contributed by atoms with Gasteiger partial charge in [0.15, 0.2) is 0 Å². The first-order valence-electron chi connectivity index (χ1n) is 3.09. The highest BCUT2D eigenvalue weighted by Gasteiger charge is 2.09. The Hall–Kier alpha value is -0.120. The molecule has 3 heteroatoms. The molecule has 0 aromatic rings. The van der Waals surface area contributed by atoms with Crippen LogP contribution in [0.25, 0.3) is 0 Å². The molecule has 0 amide bonds. The first kappa shape index (κ1) is 8.88. The van der Waals surface area contributed by atoms with Gasteiger partial charge in [-0.1, -0.05) is 6.92 Å². The first-order chi connectivity index (χ1) is 3.95. The lowest BCUT2D eigenvalue weighted by molar-refractivity contribution is -0.196. The smallest absolute Gasteiger partial charge is 0.0803 e. The van der Waals surface area contributed by atoms with Crippen molar-refractivity contribution in [2.75, 3.05) is 6.54 Å². The molecule has 0 N–H and O–H groups in total. The minimum Gasteiger partial charge on any atom is -0.762 e. The molecule has 0 unspecified atom stereocenters. The average Bonchev–Trinajstić information content (AvgIpc) is 1.62. The molecular weight excluding hydrogens is 118 g/mol. The zero-order valence-corrected chi connectivity index (χ0v) is 6.47. The van der Waals surface area contributed by atoms with Crippen LogP contribution in [0.5, 0.6) is 0 Å². The second kappa shape index (κ2) is 3.15. The molecule has 0 atom stereocenters. The summed E-state index contributed by atoms with van der Waals surface area (Å²) in [5, 5.41) is 11.1. The minimum atomic E-state index is -0.363. The number of hydrogen-bond acceptors (Lipinski definition) is 3. The summed E-state index contributed by atoms with van der Waals surface area (Å²) < 4.78 is 0. The van der Waals surface area contributed by atoms with Gasteiger partial charge < -0.3 is 10.0 Å². The highest BCUT2D eigenvalue weighted by atomic mass is 16.9. The fourth-order valence-electron chi connectivity index (χ4n) is 0.370. The van der Waals surface area contributed by atoms with Crippen LogP contribution in [0.4, 0.5) is 0 Å². The molecule has 9 heavy (non-hydrogen) atoms. The third-order valence-electron chi connectivity index (χ3n) is 0.634. The molecule has 0 spiro atoms. The van der Waals surface area contributed by atoms with Gasteiger partial charge in [-0.3, -0.25) is 5.23 Å². The summed E-state index contributed by atoms with van der Waals surface area (Å²) in [6.45, 7) is 7.64. The Balaban J connectivity index is 3.47. The van der Waals surface area contributed by atoms with E-state index < -0.39 is 0 Å². The Kier molecular flexibility index (Phi) is 3.11. The lowest BCUT2D eigenvalue weighted by Gasteiger charge is -2.33. The standard InChI is InChI=1S/C6H14NO2/c1-5-7(8)9-6(2,3)4/h5H2,1-4H3/q-1. The van der Waals surface area contributed by atoms with E-state index in [9.17, 15) is 5.21 Å². The quantitative estimate of drug-likeness (QED) is 0.534. The fraction of sp³-hybridized carbons (Fsp3) is 1.00. The first-order valence-corrected chi connectivity index (χ1v) is 3.09. The zero-order valence-electron chi connectivity index (χ0n) is 6.47. The lowest BCUT2D eigenvalue weighted by atomic mass is 10.2. The fourth-order valence-corrected chi connectivity index (χ4v) is 0.370. The predicted molar refractivity (Wildman–Crippen MR) is 36.6 cm³/mol. The number of hydroxylamine groups is 2. The van der Waals surface area contributed by atoms with Gasteiger partial charge in [0.2, 0.25) is 0 Å². The molecule has 0 fully saturated rings. The van der Waals surface area contributed by atoms with E-state index in [1.165, 1.54) is 0 Å². The van der Waals surface area contributed by atoms with Crippen molar-refractivity contribution in [2.45, 2.75) is 33.3 Å². The highest BCUT2D eigenvalue weighted by molar-refractivity contribution is 4.57. The van der Waals surface area contributed by atoms with Crippen molar-refractivity contribution < 1.29 is 4.84 Å². The normalized spacial score (nSPS) is 12.7. The van der Waals surface area contributed by atoms with Gasteiger partial charge in [0.05, 0.1) is 5.60 Å². The number of nitrogens with zero attached hydrogens (tertiary/aromatic N) is 1. The Labute approximate surface area is 56.1 Å². The average molecular weight is 132 g/mol. The van der Waals surface area contributed by atoms with E-state index in [1.807, 2.05) is 20.8 Å². The highest BCUT2D eigenvalue weighted by Crippen LogP contribution is 2.08. The molecule has 56 valence electrons. The van der Waals surface area contributed by atoms with Crippen LogP contribution in [0.15, 0.2) is 0 Å². The van der Waals surface area contributed by atoms with Crippen molar-refractivity contribution in [3.63, 3.8) is 0 Å². The van der Waals surface area contributed by atoms with Gasteiger partial charge >= 0.3 is 0 Å². The Morgan fingerprint density at radius 1 is 1.44 bits per heavy atom. The van der Waals surface area contributed by atoms with Crippen molar-refractivity contribution in [1.82, 2.24) is 5.23 Å². The van der Waals surface area contributed by atoms with Gasteiger partial charge in [0.1, 0.15) is 0 Å². The summed E-state index contributed by atoms with van der Waals surface area (Å²) in [7, 11) is 0. The molecule has 0 radical (unpaired) electrons. The Morgan fingerprint density at radius 2 is 1.89 bits per heavy atom. The van der Waals surface area contributed by atoms with Crippen molar-refractivity contribution in [3.05, 3.63) is 5.21 Å². The second-order valence-corrected chi connectivity index (χ2v) is 2.85. The van der Waals surface area contributed by atoms with Crippen molar-refractivity contribution in [3.8, 4) is 0 Å². The third kappa shape index (κ3) is 5.76. The molecule has 0 aromatic carbocycles. The molecule has 0 aliphatic heterocycles. The van der Waals surface area contributed by atoms with Crippen LogP contribution in [-0.2, 0) is 4.84 Å². The maximum absolute atomic E-state index is 10.5. The van der Waals surface area contributed by atoms with E-state index in [-0.39, 0.29) is 5.60 Å². The minimum absolute atomic E-state index is 0.363. The molecule has 0 saturated heterocycles. The molecular formula is C6H14NO2-. The zero-order chi connectivity index (χ0) is 7.49. The molecule has 0 aliphatic carbocycles. The summed E-state index contributed by atoms with van der Waals surface area (Å²) >= 11 is 0. The SMILES string of the molecule is CCN([O-])OC(C)(C)C. The molecule has 0 saturated carbocycles. The third-order valence-corrected chi connectivity index (χ3v) is 0.634. The molecule has 0 aromatic heterocycles. The molecule has 3 nitrogen and oxygen atoms in total. The van der Waals surface area contributed by atoms with Crippen LogP contribution in [0.3, 0.4) is 0 Å². The van der Waals surface area contributed by atoms with Crippen LogP contribution in [0.2, 0.25) is 0 Å². The summed E-state index contributed by atoms with van der Waals surface area (Å²) in [6.07, 6.45) is 0. The van der Waals surface area contributed by atoms with Crippen LogP contribution >= 0.6 is 0 Å². The van der Waals surface area contributed by atoms with E-state index in [4.69, 9.17) is 4.84 Å². The molecule has 0 heterocycles. The second-order valence-electron chi connectivity index (χ2n) is 2.85. The van der Waals surface area contributed by atoms with Gasteiger partial charge in [-0.05, 0) is 20.8 Å². The van der Waals surface area contributed by atoms with E-state index in [2.05, 4.69) is 0 Å². The van der Waals surface area contributed by atoms with Crippen LogP contribution in [0, 0.1) is 5.21 Å². The predicted octanol–water partition coefficient (Wildman–Crippen LogP) is 1.54. The van der Waals surface area contributed by atoms with E-state index in [0.29, 0.717) is 11.8 Å². The molecule has 0 rings (SSSR count). The van der Waals surface area contributed by atoms with Gasteiger partial charge in [-0.2, -0.15) is 0 Å². The Bertz CT molecular complexity index is 77.6. The summed E-state index contributed by atoms with van der Waals surface area (Å²) in [6, 6.07) is 0. The van der Waals surface area contributed by atoms with Gasteiger partial charge in [0, 0.05) is 6.54 Å². The maximum atomic E-state index is 10.5. The van der Waals surface area contributed by atoms with Crippen molar-refractivity contribution in [1.29, 1.82) is 0 Å². The van der Waals surface area contributed by atoms with Crippen molar-refractivity contribution in [2.24, 2.45) is 0 Å². The maximum Gasteiger partial charge on any atom is 0.0803 e. The number of hydrogen-bond donors (Lipinski definition) is 0. The van der Waals surface area contributed by atoms with Crippen LogP contribution in [-0.4, -0.2) is 17.4 Å². The van der Waals surface area contributed by atoms with E-state index in [1.54, 1.807) is 6.92 Å². The lowest BCUT2D eigenvalue weighted by Crippen LogP contribution is -2.29. The summed E-state index contributed by atoms with van der Waals surface area (Å²) in [4.78, 5) is 4.86. The largest absolute Gasteiger partial charge is 0.762 e. The summed E-state index contributed by atoms with van der Waals surface area (Å²) in [5.74, 6) is 0. The van der Waals surface area contributed by atoms with Crippen LogP contribution in [0.1, 0.15) is 27.7 Å². The molecule has 0 aliphatic rings. The van der Waals surface area contributed by atoms with E-state index >= 15 is 0 Å². The van der Waals surface area contributed by atoms with E-state index in [0.717, 1.165) is 0 Å². The topological polar surface area (TPSA) is 35.5 Å². The Morgan fingerprint density at radius 3 is 2.00 bits per heavy atom. The molecule has 0 bridgehead atoms. The van der Waals surface area contributed by atoms with Gasteiger partial charge in [-0.25, -0.2) is 0 Å². The van der Waals surface area contributed by atoms with Crippen LogP contribution < -0.4 is 0 Å². The van der Waals surface area contributed by atoms with Gasteiger partial charge in [0.25, 0.3) is 0 Å². The number of rotatable bonds is 2.